The van der Waals surface area contributed by atoms with Crippen molar-refractivity contribution in [3.63, 3.8) is 0 Å². The second-order valence-electron chi connectivity index (χ2n) is 9.09. The lowest BCUT2D eigenvalue weighted by atomic mass is 9.92. The minimum absolute atomic E-state index is 0.00774. The molecule has 166 valence electrons. The first-order valence-corrected chi connectivity index (χ1v) is 11.8. The molecule has 0 bridgehead atoms. The first-order chi connectivity index (χ1) is 14.4. The first kappa shape index (κ1) is 23.1. The zero-order chi connectivity index (χ0) is 21.7. The second-order valence-corrected chi connectivity index (χ2v) is 9.53. The summed E-state index contributed by atoms with van der Waals surface area (Å²) in [5.41, 5.74) is 1.08. The van der Waals surface area contributed by atoms with Crippen LogP contribution < -0.4 is 5.32 Å². The molecule has 2 atom stereocenters. The van der Waals surface area contributed by atoms with Gasteiger partial charge in [-0.25, -0.2) is 0 Å². The largest absolute Gasteiger partial charge is 0.339 e. The molecule has 1 saturated carbocycles. The highest BCUT2D eigenvalue weighted by Crippen LogP contribution is 2.29. The fourth-order valence-corrected chi connectivity index (χ4v) is 5.00. The Morgan fingerprint density at radius 1 is 1.10 bits per heavy atom. The van der Waals surface area contributed by atoms with Gasteiger partial charge in [-0.3, -0.25) is 9.59 Å². The summed E-state index contributed by atoms with van der Waals surface area (Å²) in [4.78, 5) is 30.4. The van der Waals surface area contributed by atoms with E-state index in [9.17, 15) is 9.59 Å². The van der Waals surface area contributed by atoms with Crippen LogP contribution in [0, 0.1) is 5.92 Å². The SMILES string of the molecule is CN[C@H](Cc1ccc(Cl)cc1)C(=O)N1CC[C@H](N(C(=O)C(C)C)C2CCCCC2)C1. The van der Waals surface area contributed by atoms with Crippen molar-refractivity contribution in [1.82, 2.24) is 15.1 Å². The Hall–Kier alpha value is -1.59. The van der Waals surface area contributed by atoms with Crippen molar-refractivity contribution in [2.24, 2.45) is 5.92 Å². The lowest BCUT2D eigenvalue weighted by Gasteiger charge is -2.39. The van der Waals surface area contributed by atoms with Crippen LogP contribution in [0.2, 0.25) is 5.02 Å². The topological polar surface area (TPSA) is 52.7 Å². The van der Waals surface area contributed by atoms with Crippen molar-refractivity contribution in [3.05, 3.63) is 34.9 Å². The summed E-state index contributed by atoms with van der Waals surface area (Å²) in [5.74, 6) is 0.356. The molecule has 6 heteroatoms. The third-order valence-corrected chi connectivity index (χ3v) is 6.84. The van der Waals surface area contributed by atoms with Gasteiger partial charge in [-0.15, -0.1) is 0 Å². The molecule has 0 unspecified atom stereocenters. The molecular weight excluding hydrogens is 398 g/mol. The number of nitrogens with zero attached hydrogens (tertiary/aromatic N) is 2. The normalized spacial score (nSPS) is 21.1. The monoisotopic (exact) mass is 433 g/mol. The van der Waals surface area contributed by atoms with E-state index in [0.29, 0.717) is 24.0 Å². The van der Waals surface area contributed by atoms with Crippen LogP contribution in [0.5, 0.6) is 0 Å². The standard InChI is InChI=1S/C24H36ClN3O2/c1-17(2)23(29)28(20-7-5-4-6-8-20)21-13-14-27(16-21)24(30)22(26-3)15-18-9-11-19(25)12-10-18/h9-12,17,20-22,26H,4-8,13-16H2,1-3H3/t21-,22+/m0/s1. The highest BCUT2D eigenvalue weighted by Gasteiger charge is 2.38. The predicted octanol–water partition coefficient (Wildman–Crippen LogP) is 3.89. The number of carbonyl (C=O) groups is 2. The smallest absolute Gasteiger partial charge is 0.240 e. The van der Waals surface area contributed by atoms with Crippen LogP contribution in [-0.4, -0.2) is 59.9 Å². The summed E-state index contributed by atoms with van der Waals surface area (Å²) in [7, 11) is 1.84. The lowest BCUT2D eigenvalue weighted by molar-refractivity contribution is -0.141. The number of hydrogen-bond donors (Lipinski definition) is 1. The molecule has 0 spiro atoms. The fraction of sp³-hybridized carbons (Fsp3) is 0.667. The summed E-state index contributed by atoms with van der Waals surface area (Å²) in [6, 6.07) is 7.87. The Labute approximate surface area is 186 Å². The van der Waals surface area contributed by atoms with Crippen molar-refractivity contribution < 1.29 is 9.59 Å². The van der Waals surface area contributed by atoms with Gasteiger partial charge >= 0.3 is 0 Å². The summed E-state index contributed by atoms with van der Waals surface area (Å²) in [6.07, 6.45) is 7.36. The number of benzene rings is 1. The molecule has 1 heterocycles. The zero-order valence-corrected chi connectivity index (χ0v) is 19.3. The molecule has 5 nitrogen and oxygen atoms in total. The Balaban J connectivity index is 1.66. The molecule has 3 rings (SSSR count). The molecule has 0 radical (unpaired) electrons. The lowest BCUT2D eigenvalue weighted by Crippen LogP contribution is -2.52. The van der Waals surface area contributed by atoms with Gasteiger partial charge in [0.15, 0.2) is 0 Å². The van der Waals surface area contributed by atoms with Gasteiger partial charge in [0, 0.05) is 30.1 Å². The van der Waals surface area contributed by atoms with Gasteiger partial charge in [-0.05, 0) is 50.4 Å². The van der Waals surface area contributed by atoms with E-state index >= 15 is 0 Å². The number of amides is 2. The van der Waals surface area contributed by atoms with Gasteiger partial charge in [0.1, 0.15) is 0 Å². The van der Waals surface area contributed by atoms with E-state index < -0.39 is 0 Å². The molecule has 1 aliphatic carbocycles. The van der Waals surface area contributed by atoms with E-state index in [0.717, 1.165) is 31.4 Å². The van der Waals surface area contributed by atoms with Gasteiger partial charge in [-0.2, -0.15) is 0 Å². The maximum absolute atomic E-state index is 13.2. The molecule has 1 aliphatic heterocycles. The maximum atomic E-state index is 13.2. The van der Waals surface area contributed by atoms with Crippen LogP contribution in [0.15, 0.2) is 24.3 Å². The first-order valence-electron chi connectivity index (χ1n) is 11.4. The van der Waals surface area contributed by atoms with Crippen molar-refractivity contribution in [2.75, 3.05) is 20.1 Å². The number of nitrogens with one attached hydrogen (secondary N) is 1. The van der Waals surface area contributed by atoms with Crippen molar-refractivity contribution >= 4 is 23.4 Å². The number of likely N-dealkylation sites (N-methyl/N-ethyl adjacent to an activating group) is 1. The summed E-state index contributed by atoms with van der Waals surface area (Å²) in [6.45, 7) is 5.34. The Morgan fingerprint density at radius 2 is 1.77 bits per heavy atom. The summed E-state index contributed by atoms with van der Waals surface area (Å²) in [5, 5.41) is 3.89. The Bertz CT molecular complexity index is 716. The average molecular weight is 434 g/mol. The molecule has 2 aliphatic rings. The van der Waals surface area contributed by atoms with E-state index in [4.69, 9.17) is 11.6 Å². The number of carbonyl (C=O) groups excluding carboxylic acids is 2. The molecule has 1 aromatic carbocycles. The molecule has 0 aromatic heterocycles. The van der Waals surface area contributed by atoms with Crippen LogP contribution in [-0.2, 0) is 16.0 Å². The quantitative estimate of drug-likeness (QED) is 0.709. The van der Waals surface area contributed by atoms with Crippen molar-refractivity contribution in [2.45, 2.75) is 76.9 Å². The molecule has 1 N–H and O–H groups in total. The van der Waals surface area contributed by atoms with Gasteiger partial charge in [0.2, 0.25) is 11.8 Å². The highest BCUT2D eigenvalue weighted by atomic mass is 35.5. The number of halogens is 1. The van der Waals surface area contributed by atoms with E-state index in [1.165, 1.54) is 19.3 Å². The van der Waals surface area contributed by atoms with Crippen LogP contribution in [0.4, 0.5) is 0 Å². The van der Waals surface area contributed by atoms with Crippen LogP contribution in [0.25, 0.3) is 0 Å². The van der Waals surface area contributed by atoms with Crippen LogP contribution >= 0.6 is 11.6 Å². The van der Waals surface area contributed by atoms with Crippen molar-refractivity contribution in [1.29, 1.82) is 0 Å². The van der Waals surface area contributed by atoms with E-state index in [-0.39, 0.29) is 29.8 Å². The van der Waals surface area contributed by atoms with Gasteiger partial charge in [-0.1, -0.05) is 56.8 Å². The zero-order valence-electron chi connectivity index (χ0n) is 18.6. The number of rotatable bonds is 7. The molecule has 1 aromatic rings. The van der Waals surface area contributed by atoms with Crippen molar-refractivity contribution in [3.8, 4) is 0 Å². The Morgan fingerprint density at radius 3 is 2.37 bits per heavy atom. The van der Waals surface area contributed by atoms with E-state index in [1.807, 2.05) is 50.1 Å². The molecule has 30 heavy (non-hydrogen) atoms. The van der Waals surface area contributed by atoms with E-state index in [1.54, 1.807) is 0 Å². The van der Waals surface area contributed by atoms with Gasteiger partial charge in [0.25, 0.3) is 0 Å². The number of likely N-dealkylation sites (tertiary alicyclic amines) is 1. The predicted molar refractivity (Wildman–Crippen MR) is 122 cm³/mol. The van der Waals surface area contributed by atoms with E-state index in [2.05, 4.69) is 10.2 Å². The van der Waals surface area contributed by atoms with Crippen LogP contribution in [0.1, 0.15) is 57.9 Å². The minimum atomic E-state index is -0.270. The van der Waals surface area contributed by atoms with Crippen LogP contribution in [0.3, 0.4) is 0 Å². The molecule has 2 amide bonds. The number of hydrogen-bond acceptors (Lipinski definition) is 3. The molecule has 2 fully saturated rings. The fourth-order valence-electron chi connectivity index (χ4n) is 4.87. The van der Waals surface area contributed by atoms with Gasteiger partial charge < -0.3 is 15.1 Å². The van der Waals surface area contributed by atoms with Gasteiger partial charge in [0.05, 0.1) is 12.1 Å². The minimum Gasteiger partial charge on any atom is -0.339 e. The summed E-state index contributed by atoms with van der Waals surface area (Å²) < 4.78 is 0. The second kappa shape index (κ2) is 10.6. The Kier molecular flexibility index (Phi) is 8.18. The molecular formula is C24H36ClN3O2. The average Bonchev–Trinajstić information content (AvgIpc) is 3.23. The molecule has 1 saturated heterocycles. The maximum Gasteiger partial charge on any atom is 0.240 e. The summed E-state index contributed by atoms with van der Waals surface area (Å²) >= 11 is 5.98. The highest BCUT2D eigenvalue weighted by molar-refractivity contribution is 6.30. The third-order valence-electron chi connectivity index (χ3n) is 6.58. The third kappa shape index (κ3) is 5.55.